The molecule has 1 aliphatic carbocycles. The molecule has 0 aromatic carbocycles. The molecular weight excluding hydrogens is 124 g/mol. The van der Waals surface area contributed by atoms with Gasteiger partial charge in [-0.1, -0.05) is 12.2 Å². The van der Waals surface area contributed by atoms with E-state index >= 15 is 0 Å². The molecule has 2 heteroatoms. The lowest BCUT2D eigenvalue weighted by atomic mass is 9.76. The fourth-order valence-electron chi connectivity index (χ4n) is 1.48. The molecule has 1 aliphatic rings. The number of likely N-dealkylation sites (N-methyl/N-ethyl adjacent to an activating group) is 1. The van der Waals surface area contributed by atoms with Crippen LogP contribution in [0.4, 0.5) is 0 Å². The Hall–Kier alpha value is -0.810. The zero-order chi connectivity index (χ0) is 7.72. The molecule has 0 aromatic heterocycles. The minimum absolute atomic E-state index is 0.183. The van der Waals surface area contributed by atoms with Crippen LogP contribution in [-0.2, 0) is 0 Å². The highest BCUT2D eigenvalue weighted by atomic mass is 15.1. The molecule has 0 aliphatic heterocycles. The molecule has 0 aromatic rings. The molecular formula is C8H12N2. The fourth-order valence-corrected chi connectivity index (χ4v) is 1.48. The largest absolute Gasteiger partial charge is 0.301 e. The summed E-state index contributed by atoms with van der Waals surface area (Å²) in [6.45, 7) is 3.87. The third-order valence-corrected chi connectivity index (χ3v) is 2.00. The van der Waals surface area contributed by atoms with E-state index in [4.69, 9.17) is 5.26 Å². The summed E-state index contributed by atoms with van der Waals surface area (Å²) in [5.74, 6) is 0.183. The van der Waals surface area contributed by atoms with Gasteiger partial charge in [-0.3, -0.25) is 0 Å². The van der Waals surface area contributed by atoms with Crippen molar-refractivity contribution < 1.29 is 0 Å². The highest BCUT2D eigenvalue weighted by molar-refractivity contribution is 5.24. The van der Waals surface area contributed by atoms with E-state index in [-0.39, 0.29) is 5.92 Å². The standard InChI is InChI=1S/C8H12N2/c1-6-4-7(5-9)8(6)10(2)3/h7-8H,1,4H2,2-3H3. The van der Waals surface area contributed by atoms with Crippen LogP contribution in [-0.4, -0.2) is 25.0 Å². The minimum Gasteiger partial charge on any atom is -0.301 e. The Bertz CT molecular complexity index is 188. The van der Waals surface area contributed by atoms with Crippen molar-refractivity contribution in [2.45, 2.75) is 12.5 Å². The van der Waals surface area contributed by atoms with Gasteiger partial charge in [0.25, 0.3) is 0 Å². The summed E-state index contributed by atoms with van der Waals surface area (Å²) in [4.78, 5) is 2.06. The first-order chi connectivity index (χ1) is 4.66. The van der Waals surface area contributed by atoms with Crippen LogP contribution in [0.25, 0.3) is 0 Å². The van der Waals surface area contributed by atoms with Gasteiger partial charge in [0.2, 0.25) is 0 Å². The first-order valence-corrected chi connectivity index (χ1v) is 3.40. The summed E-state index contributed by atoms with van der Waals surface area (Å²) in [5, 5.41) is 8.61. The predicted molar refractivity (Wildman–Crippen MR) is 40.3 cm³/mol. The van der Waals surface area contributed by atoms with Gasteiger partial charge in [0, 0.05) is 6.04 Å². The zero-order valence-electron chi connectivity index (χ0n) is 6.46. The number of nitrogens with zero attached hydrogens (tertiary/aromatic N) is 2. The molecule has 54 valence electrons. The summed E-state index contributed by atoms with van der Waals surface area (Å²) >= 11 is 0. The summed E-state index contributed by atoms with van der Waals surface area (Å²) in [6, 6.07) is 2.57. The molecule has 2 atom stereocenters. The molecule has 10 heavy (non-hydrogen) atoms. The van der Waals surface area contributed by atoms with Crippen LogP contribution >= 0.6 is 0 Å². The van der Waals surface area contributed by atoms with E-state index in [0.717, 1.165) is 6.42 Å². The van der Waals surface area contributed by atoms with Crippen molar-refractivity contribution in [3.8, 4) is 6.07 Å². The zero-order valence-corrected chi connectivity index (χ0v) is 6.46. The third kappa shape index (κ3) is 0.932. The average Bonchev–Trinajstić information content (AvgIpc) is 1.80. The first-order valence-electron chi connectivity index (χ1n) is 3.40. The van der Waals surface area contributed by atoms with E-state index < -0.39 is 0 Å². The molecule has 0 radical (unpaired) electrons. The third-order valence-electron chi connectivity index (χ3n) is 2.00. The lowest BCUT2D eigenvalue weighted by Gasteiger charge is -2.39. The Balaban J connectivity index is 2.58. The van der Waals surface area contributed by atoms with Crippen LogP contribution in [0.1, 0.15) is 6.42 Å². The van der Waals surface area contributed by atoms with Crippen molar-refractivity contribution in [1.82, 2.24) is 4.90 Å². The molecule has 1 fully saturated rings. The number of nitriles is 1. The molecule has 2 unspecified atom stereocenters. The normalized spacial score (nSPS) is 31.6. The SMILES string of the molecule is C=C1CC(C#N)C1N(C)C. The molecule has 1 rings (SSSR count). The summed E-state index contributed by atoms with van der Waals surface area (Å²) < 4.78 is 0. The van der Waals surface area contributed by atoms with E-state index in [1.54, 1.807) is 0 Å². The number of hydrogen-bond acceptors (Lipinski definition) is 2. The number of hydrogen-bond donors (Lipinski definition) is 0. The van der Waals surface area contributed by atoms with E-state index in [1.807, 2.05) is 14.1 Å². The maximum atomic E-state index is 8.61. The highest BCUT2D eigenvalue weighted by Gasteiger charge is 2.35. The van der Waals surface area contributed by atoms with Gasteiger partial charge in [-0.05, 0) is 20.5 Å². The summed E-state index contributed by atoms with van der Waals surface area (Å²) in [5.41, 5.74) is 1.19. The second kappa shape index (κ2) is 2.43. The summed E-state index contributed by atoms with van der Waals surface area (Å²) in [7, 11) is 3.97. The van der Waals surface area contributed by atoms with E-state index in [0.29, 0.717) is 6.04 Å². The summed E-state index contributed by atoms with van der Waals surface area (Å²) in [6.07, 6.45) is 0.888. The van der Waals surface area contributed by atoms with Crippen LogP contribution < -0.4 is 0 Å². The molecule has 0 amide bonds. The second-order valence-corrected chi connectivity index (χ2v) is 3.01. The minimum atomic E-state index is 0.183. The molecule has 0 bridgehead atoms. The Morgan fingerprint density at radius 2 is 2.30 bits per heavy atom. The van der Waals surface area contributed by atoms with E-state index in [1.165, 1.54) is 5.57 Å². The average molecular weight is 136 g/mol. The first kappa shape index (κ1) is 7.30. The van der Waals surface area contributed by atoms with Gasteiger partial charge in [0.1, 0.15) is 0 Å². The van der Waals surface area contributed by atoms with Gasteiger partial charge in [-0.25, -0.2) is 0 Å². The molecule has 0 saturated heterocycles. The lowest BCUT2D eigenvalue weighted by Crippen LogP contribution is -2.44. The van der Waals surface area contributed by atoms with Crippen molar-refractivity contribution in [2.24, 2.45) is 5.92 Å². The van der Waals surface area contributed by atoms with Gasteiger partial charge in [0.15, 0.2) is 0 Å². The van der Waals surface area contributed by atoms with E-state index in [2.05, 4.69) is 17.5 Å². The number of rotatable bonds is 1. The van der Waals surface area contributed by atoms with Gasteiger partial charge in [-0.15, -0.1) is 0 Å². The van der Waals surface area contributed by atoms with Crippen molar-refractivity contribution >= 4 is 0 Å². The van der Waals surface area contributed by atoms with Gasteiger partial charge >= 0.3 is 0 Å². The van der Waals surface area contributed by atoms with Gasteiger partial charge in [0.05, 0.1) is 12.0 Å². The monoisotopic (exact) mass is 136 g/mol. The van der Waals surface area contributed by atoms with Crippen molar-refractivity contribution in [3.63, 3.8) is 0 Å². The molecule has 1 saturated carbocycles. The van der Waals surface area contributed by atoms with Crippen LogP contribution in [0.2, 0.25) is 0 Å². The van der Waals surface area contributed by atoms with Crippen LogP contribution in [0, 0.1) is 17.2 Å². The van der Waals surface area contributed by atoms with Crippen LogP contribution in [0.5, 0.6) is 0 Å². The van der Waals surface area contributed by atoms with Crippen LogP contribution in [0.3, 0.4) is 0 Å². The topological polar surface area (TPSA) is 27.0 Å². The Morgan fingerprint density at radius 3 is 2.50 bits per heavy atom. The van der Waals surface area contributed by atoms with Gasteiger partial charge in [-0.2, -0.15) is 5.26 Å². The van der Waals surface area contributed by atoms with E-state index in [9.17, 15) is 0 Å². The predicted octanol–water partition coefficient (Wildman–Crippen LogP) is 1.02. The fraction of sp³-hybridized carbons (Fsp3) is 0.625. The molecule has 2 nitrogen and oxygen atoms in total. The lowest BCUT2D eigenvalue weighted by molar-refractivity contribution is 0.217. The molecule has 0 spiro atoms. The Morgan fingerprint density at radius 1 is 1.70 bits per heavy atom. The molecule has 0 heterocycles. The van der Waals surface area contributed by atoms with Crippen molar-refractivity contribution in [1.29, 1.82) is 5.26 Å². The molecule has 0 N–H and O–H groups in total. The smallest absolute Gasteiger partial charge is 0.0694 e. The quantitative estimate of drug-likeness (QED) is 0.503. The maximum Gasteiger partial charge on any atom is 0.0694 e. The maximum absolute atomic E-state index is 8.61. The highest BCUT2D eigenvalue weighted by Crippen LogP contribution is 2.34. The Kier molecular flexibility index (Phi) is 1.78. The second-order valence-electron chi connectivity index (χ2n) is 3.01. The van der Waals surface area contributed by atoms with Crippen molar-refractivity contribution in [2.75, 3.05) is 14.1 Å². The van der Waals surface area contributed by atoms with Crippen LogP contribution in [0.15, 0.2) is 12.2 Å². The van der Waals surface area contributed by atoms with Crippen molar-refractivity contribution in [3.05, 3.63) is 12.2 Å². The van der Waals surface area contributed by atoms with Gasteiger partial charge < -0.3 is 4.90 Å². The Labute approximate surface area is 61.8 Å².